The van der Waals surface area contributed by atoms with Gasteiger partial charge in [0.15, 0.2) is 5.78 Å². The molecule has 2 rings (SSSR count). The second-order valence-electron chi connectivity index (χ2n) is 5.28. The van der Waals surface area contributed by atoms with Crippen LogP contribution in [0.5, 0.6) is 0 Å². The van der Waals surface area contributed by atoms with Crippen molar-refractivity contribution in [3.05, 3.63) is 40.1 Å². The Morgan fingerprint density at radius 1 is 1.29 bits per heavy atom. The molecule has 0 heterocycles. The van der Waals surface area contributed by atoms with Crippen LogP contribution in [0.1, 0.15) is 32.3 Å². The van der Waals surface area contributed by atoms with Crippen molar-refractivity contribution in [3.63, 3.8) is 0 Å². The molecule has 0 aliphatic heterocycles. The molecular formula is C14H14BrFO. The number of allylic oxidation sites excluding steroid dienone is 2. The predicted octanol–water partition coefficient (Wildman–Crippen LogP) is 4.36. The first kappa shape index (κ1) is 12.5. The van der Waals surface area contributed by atoms with Gasteiger partial charge in [-0.25, -0.2) is 4.39 Å². The van der Waals surface area contributed by atoms with Crippen molar-refractivity contribution < 1.29 is 9.18 Å². The van der Waals surface area contributed by atoms with E-state index in [0.717, 1.165) is 16.5 Å². The molecule has 0 N–H and O–H groups in total. The van der Waals surface area contributed by atoms with E-state index in [1.165, 1.54) is 6.07 Å². The van der Waals surface area contributed by atoms with Crippen LogP contribution >= 0.6 is 15.9 Å². The van der Waals surface area contributed by atoms with Crippen LogP contribution in [-0.2, 0) is 4.79 Å². The van der Waals surface area contributed by atoms with E-state index in [2.05, 4.69) is 15.9 Å². The van der Waals surface area contributed by atoms with E-state index in [1.807, 2.05) is 13.8 Å². The minimum absolute atomic E-state index is 0.0793. The van der Waals surface area contributed by atoms with Crippen molar-refractivity contribution in [2.75, 3.05) is 0 Å². The van der Waals surface area contributed by atoms with Crippen molar-refractivity contribution in [3.8, 4) is 0 Å². The average molecular weight is 297 g/mol. The Hall–Kier alpha value is -0.960. The molecule has 0 saturated carbocycles. The first-order chi connectivity index (χ1) is 7.87. The fourth-order valence-corrected chi connectivity index (χ4v) is 2.62. The number of halogens is 2. The maximum absolute atomic E-state index is 13.8. The molecule has 1 aliphatic carbocycles. The van der Waals surface area contributed by atoms with Gasteiger partial charge in [-0.3, -0.25) is 4.79 Å². The van der Waals surface area contributed by atoms with Crippen molar-refractivity contribution in [2.24, 2.45) is 5.41 Å². The van der Waals surface area contributed by atoms with Crippen LogP contribution in [0.2, 0.25) is 0 Å². The maximum atomic E-state index is 13.8. The molecule has 1 aromatic carbocycles. The number of rotatable bonds is 1. The van der Waals surface area contributed by atoms with Crippen LogP contribution in [0.4, 0.5) is 4.39 Å². The van der Waals surface area contributed by atoms with Gasteiger partial charge in [0.2, 0.25) is 0 Å². The highest BCUT2D eigenvalue weighted by Crippen LogP contribution is 2.39. The lowest BCUT2D eigenvalue weighted by molar-refractivity contribution is -0.116. The third-order valence-corrected chi connectivity index (χ3v) is 3.42. The molecule has 0 atom stereocenters. The van der Waals surface area contributed by atoms with Crippen LogP contribution in [0.25, 0.3) is 5.57 Å². The Balaban J connectivity index is 2.46. The van der Waals surface area contributed by atoms with Gasteiger partial charge in [-0.05, 0) is 41.7 Å². The molecule has 1 aromatic rings. The Kier molecular flexibility index (Phi) is 3.21. The highest BCUT2D eigenvalue weighted by molar-refractivity contribution is 9.10. The summed E-state index contributed by atoms with van der Waals surface area (Å²) >= 11 is 3.33. The van der Waals surface area contributed by atoms with Gasteiger partial charge in [0.1, 0.15) is 5.82 Å². The molecule has 0 amide bonds. The molecule has 0 fully saturated rings. The summed E-state index contributed by atoms with van der Waals surface area (Å²) in [6.07, 6.45) is 2.84. The molecule has 1 nitrogen and oxygen atoms in total. The first-order valence-electron chi connectivity index (χ1n) is 5.56. The zero-order chi connectivity index (χ0) is 12.6. The van der Waals surface area contributed by atoms with Gasteiger partial charge < -0.3 is 0 Å². The van der Waals surface area contributed by atoms with E-state index in [9.17, 15) is 9.18 Å². The third kappa shape index (κ3) is 2.83. The molecular weight excluding hydrogens is 283 g/mol. The van der Waals surface area contributed by atoms with Crippen LogP contribution in [0.15, 0.2) is 28.7 Å². The van der Waals surface area contributed by atoms with Crippen molar-refractivity contribution in [1.29, 1.82) is 0 Å². The largest absolute Gasteiger partial charge is 0.295 e. The zero-order valence-electron chi connectivity index (χ0n) is 9.89. The number of ketones is 1. The summed E-state index contributed by atoms with van der Waals surface area (Å²) in [6, 6.07) is 4.82. The molecule has 0 unspecified atom stereocenters. The second kappa shape index (κ2) is 4.37. The maximum Gasteiger partial charge on any atom is 0.156 e. The van der Waals surface area contributed by atoms with Crippen LogP contribution in [0.3, 0.4) is 0 Å². The van der Waals surface area contributed by atoms with E-state index >= 15 is 0 Å². The monoisotopic (exact) mass is 296 g/mol. The first-order valence-corrected chi connectivity index (χ1v) is 6.35. The molecule has 0 aromatic heterocycles. The van der Waals surface area contributed by atoms with Gasteiger partial charge in [-0.2, -0.15) is 0 Å². The Morgan fingerprint density at radius 3 is 2.65 bits per heavy atom. The molecule has 0 radical (unpaired) electrons. The summed E-state index contributed by atoms with van der Waals surface area (Å²) in [7, 11) is 0. The number of hydrogen-bond acceptors (Lipinski definition) is 1. The lowest BCUT2D eigenvalue weighted by atomic mass is 9.75. The fraction of sp³-hybridized carbons (Fsp3) is 0.357. The van der Waals surface area contributed by atoms with Crippen molar-refractivity contribution >= 4 is 27.3 Å². The van der Waals surface area contributed by atoms with Gasteiger partial charge in [-0.1, -0.05) is 29.8 Å². The van der Waals surface area contributed by atoms with Gasteiger partial charge in [0.05, 0.1) is 0 Å². The summed E-state index contributed by atoms with van der Waals surface area (Å²) in [5, 5.41) is 0. The number of hydrogen-bond donors (Lipinski definition) is 0. The Morgan fingerprint density at radius 2 is 2.00 bits per heavy atom. The second-order valence-corrected chi connectivity index (χ2v) is 6.19. The standard InChI is InChI=1S/C14H14BrFO/c1-14(2)7-9(5-11(17)8-14)12-6-10(15)3-4-13(12)16/h3-6H,7-8H2,1-2H3. The Labute approximate surface area is 109 Å². The topological polar surface area (TPSA) is 17.1 Å². The van der Waals surface area contributed by atoms with Gasteiger partial charge >= 0.3 is 0 Å². The molecule has 1 aliphatic rings. The number of carbonyl (C=O) groups excluding carboxylic acids is 1. The number of carbonyl (C=O) groups is 1. The molecule has 17 heavy (non-hydrogen) atoms. The summed E-state index contributed by atoms with van der Waals surface area (Å²) in [6.45, 7) is 4.07. The quantitative estimate of drug-likeness (QED) is 0.752. The number of benzene rings is 1. The molecule has 0 saturated heterocycles. The van der Waals surface area contributed by atoms with E-state index in [-0.39, 0.29) is 17.0 Å². The fourth-order valence-electron chi connectivity index (χ4n) is 2.26. The minimum Gasteiger partial charge on any atom is -0.295 e. The van der Waals surface area contributed by atoms with E-state index in [4.69, 9.17) is 0 Å². The lowest BCUT2D eigenvalue weighted by Crippen LogP contribution is -2.21. The van der Waals surface area contributed by atoms with Crippen molar-refractivity contribution in [2.45, 2.75) is 26.7 Å². The highest BCUT2D eigenvalue weighted by Gasteiger charge is 2.28. The van der Waals surface area contributed by atoms with E-state index in [1.54, 1.807) is 18.2 Å². The summed E-state index contributed by atoms with van der Waals surface area (Å²) in [5.74, 6) is -0.194. The molecule has 0 spiro atoms. The van der Waals surface area contributed by atoms with Crippen LogP contribution < -0.4 is 0 Å². The van der Waals surface area contributed by atoms with E-state index in [0.29, 0.717) is 12.0 Å². The average Bonchev–Trinajstić information content (AvgIpc) is 2.18. The minimum atomic E-state index is -0.273. The zero-order valence-corrected chi connectivity index (χ0v) is 11.5. The molecule has 90 valence electrons. The van der Waals surface area contributed by atoms with Gasteiger partial charge in [0, 0.05) is 16.5 Å². The molecule has 3 heteroatoms. The lowest BCUT2D eigenvalue weighted by Gasteiger charge is -2.29. The normalized spacial score (nSPS) is 19.1. The highest BCUT2D eigenvalue weighted by atomic mass is 79.9. The SMILES string of the molecule is CC1(C)CC(=O)C=C(c2cc(Br)ccc2F)C1. The predicted molar refractivity (Wildman–Crippen MR) is 70.1 cm³/mol. The van der Waals surface area contributed by atoms with Gasteiger partial charge in [0.25, 0.3) is 0 Å². The van der Waals surface area contributed by atoms with Gasteiger partial charge in [-0.15, -0.1) is 0 Å². The summed E-state index contributed by atoms with van der Waals surface area (Å²) in [4.78, 5) is 11.6. The summed E-state index contributed by atoms with van der Waals surface area (Å²) < 4.78 is 14.6. The smallest absolute Gasteiger partial charge is 0.156 e. The van der Waals surface area contributed by atoms with Crippen molar-refractivity contribution in [1.82, 2.24) is 0 Å². The third-order valence-electron chi connectivity index (χ3n) is 2.93. The molecule has 0 bridgehead atoms. The Bertz CT molecular complexity index is 503. The van der Waals surface area contributed by atoms with Crippen LogP contribution in [0, 0.1) is 11.2 Å². The van der Waals surface area contributed by atoms with E-state index < -0.39 is 0 Å². The van der Waals surface area contributed by atoms with Crippen LogP contribution in [-0.4, -0.2) is 5.78 Å². The summed E-state index contributed by atoms with van der Waals surface area (Å²) in [5.41, 5.74) is 1.24.